The number of morpholine rings is 1. The predicted octanol–water partition coefficient (Wildman–Crippen LogP) is 3.13. The minimum absolute atomic E-state index is 0.0611. The molecule has 26 heavy (non-hydrogen) atoms. The molecule has 0 bridgehead atoms. The Balaban J connectivity index is 1.65. The Labute approximate surface area is 152 Å². The van der Waals surface area contributed by atoms with Gasteiger partial charge in [-0.25, -0.2) is 4.98 Å². The van der Waals surface area contributed by atoms with Gasteiger partial charge < -0.3 is 19.9 Å². The molecule has 0 radical (unpaired) electrons. The molecule has 6 nitrogen and oxygen atoms in total. The van der Waals surface area contributed by atoms with Gasteiger partial charge in [-0.05, 0) is 30.7 Å². The maximum Gasteiger partial charge on any atom is 0.254 e. The predicted molar refractivity (Wildman–Crippen MR) is 102 cm³/mol. The molecule has 0 atom stereocenters. The van der Waals surface area contributed by atoms with Crippen LogP contribution in [0, 0.1) is 0 Å². The van der Waals surface area contributed by atoms with E-state index in [1.165, 1.54) is 0 Å². The number of carbonyl (C=O) groups excluding carboxylic acids is 1. The third-order valence-electron chi connectivity index (χ3n) is 4.68. The van der Waals surface area contributed by atoms with E-state index in [2.05, 4.69) is 22.2 Å². The maximum absolute atomic E-state index is 12.6. The fraction of sp³-hybridized carbons (Fsp3) is 0.300. The fourth-order valence-electron chi connectivity index (χ4n) is 3.34. The Kier molecular flexibility index (Phi) is 4.58. The molecule has 1 amide bonds. The highest BCUT2D eigenvalue weighted by atomic mass is 16.5. The van der Waals surface area contributed by atoms with Crippen LogP contribution in [-0.2, 0) is 4.74 Å². The van der Waals surface area contributed by atoms with Gasteiger partial charge >= 0.3 is 0 Å². The molecule has 0 spiro atoms. The summed E-state index contributed by atoms with van der Waals surface area (Å²) in [7, 11) is 0. The first-order valence-corrected chi connectivity index (χ1v) is 8.95. The normalized spacial score (nSPS) is 14.6. The number of nitrogens with one attached hydrogen (secondary N) is 2. The van der Waals surface area contributed by atoms with E-state index in [4.69, 9.17) is 4.74 Å². The highest BCUT2D eigenvalue weighted by Crippen LogP contribution is 2.33. The molecule has 0 aliphatic carbocycles. The summed E-state index contributed by atoms with van der Waals surface area (Å²) in [5.74, 6) is 0.0611. The summed E-state index contributed by atoms with van der Waals surface area (Å²) in [6.45, 7) is 5.42. The quantitative estimate of drug-likeness (QED) is 0.758. The van der Waals surface area contributed by atoms with Crippen molar-refractivity contribution >= 4 is 22.6 Å². The smallest absolute Gasteiger partial charge is 0.254 e. The van der Waals surface area contributed by atoms with Crippen LogP contribution in [0.1, 0.15) is 17.3 Å². The summed E-state index contributed by atoms with van der Waals surface area (Å²) in [5.41, 5.74) is 4.70. The second-order valence-corrected chi connectivity index (χ2v) is 6.30. The second kappa shape index (κ2) is 7.17. The summed E-state index contributed by atoms with van der Waals surface area (Å²) in [6.07, 6.45) is 3.77. The number of ether oxygens (including phenoxy) is 1. The molecule has 2 N–H and O–H groups in total. The van der Waals surface area contributed by atoms with Gasteiger partial charge in [-0.2, -0.15) is 0 Å². The van der Waals surface area contributed by atoms with Crippen molar-refractivity contribution in [3.05, 3.63) is 48.3 Å². The Morgan fingerprint density at radius 2 is 2.00 bits per heavy atom. The van der Waals surface area contributed by atoms with E-state index in [0.717, 1.165) is 34.4 Å². The van der Waals surface area contributed by atoms with Crippen molar-refractivity contribution in [2.75, 3.05) is 38.2 Å². The van der Waals surface area contributed by atoms with Crippen molar-refractivity contribution in [3.63, 3.8) is 0 Å². The zero-order valence-electron chi connectivity index (χ0n) is 14.8. The zero-order valence-corrected chi connectivity index (χ0v) is 14.8. The highest BCUT2D eigenvalue weighted by molar-refractivity contribution is 5.99. The number of fused-ring (bicyclic) bond motifs is 1. The lowest BCUT2D eigenvalue weighted by atomic mass is 10.0. The van der Waals surface area contributed by atoms with Crippen molar-refractivity contribution in [3.8, 4) is 11.1 Å². The summed E-state index contributed by atoms with van der Waals surface area (Å²) in [6, 6.07) is 9.79. The number of benzene rings is 1. The number of hydrogen-bond acceptors (Lipinski definition) is 4. The van der Waals surface area contributed by atoms with Gasteiger partial charge in [-0.1, -0.05) is 12.1 Å². The monoisotopic (exact) mass is 350 g/mol. The standard InChI is InChI=1S/C20H22N4O2/c1-2-21-18-16-7-8-22-19(16)23-13-17(18)14-3-5-15(6-4-14)20(25)24-9-11-26-12-10-24/h3-8,13H,2,9-12H2,1H3,(H2,21,22,23). The number of hydrogen-bond donors (Lipinski definition) is 2. The molecular formula is C20H22N4O2. The van der Waals surface area contributed by atoms with E-state index in [0.29, 0.717) is 31.9 Å². The van der Waals surface area contributed by atoms with Crippen LogP contribution in [0.3, 0.4) is 0 Å². The van der Waals surface area contributed by atoms with Crippen LogP contribution in [0.5, 0.6) is 0 Å². The van der Waals surface area contributed by atoms with Gasteiger partial charge in [-0.15, -0.1) is 0 Å². The van der Waals surface area contributed by atoms with E-state index in [9.17, 15) is 4.79 Å². The fourth-order valence-corrected chi connectivity index (χ4v) is 3.34. The van der Waals surface area contributed by atoms with Gasteiger partial charge in [0.05, 0.1) is 18.9 Å². The number of rotatable bonds is 4. The Hall–Kier alpha value is -2.86. The van der Waals surface area contributed by atoms with Gasteiger partial charge in [0.25, 0.3) is 5.91 Å². The highest BCUT2D eigenvalue weighted by Gasteiger charge is 2.19. The van der Waals surface area contributed by atoms with Gasteiger partial charge in [0, 0.05) is 48.5 Å². The van der Waals surface area contributed by atoms with Crippen molar-refractivity contribution in [1.82, 2.24) is 14.9 Å². The molecule has 1 fully saturated rings. The average molecular weight is 350 g/mol. The van der Waals surface area contributed by atoms with E-state index < -0.39 is 0 Å². The maximum atomic E-state index is 12.6. The molecule has 0 unspecified atom stereocenters. The molecule has 1 saturated heterocycles. The summed E-state index contributed by atoms with van der Waals surface area (Å²) in [4.78, 5) is 22.1. The van der Waals surface area contributed by atoms with Crippen molar-refractivity contribution < 1.29 is 9.53 Å². The van der Waals surface area contributed by atoms with Crippen molar-refractivity contribution in [2.24, 2.45) is 0 Å². The van der Waals surface area contributed by atoms with Crippen LogP contribution in [0.15, 0.2) is 42.7 Å². The summed E-state index contributed by atoms with van der Waals surface area (Å²) >= 11 is 0. The average Bonchev–Trinajstić information content (AvgIpc) is 3.18. The molecule has 4 rings (SSSR count). The zero-order chi connectivity index (χ0) is 17.9. The number of anilines is 1. The topological polar surface area (TPSA) is 70.2 Å². The third kappa shape index (κ3) is 3.04. The van der Waals surface area contributed by atoms with E-state index in [1.807, 2.05) is 47.6 Å². The first-order chi connectivity index (χ1) is 12.8. The van der Waals surface area contributed by atoms with Crippen molar-refractivity contribution in [2.45, 2.75) is 6.92 Å². The Morgan fingerprint density at radius 1 is 1.23 bits per heavy atom. The van der Waals surface area contributed by atoms with Crippen LogP contribution >= 0.6 is 0 Å². The SMILES string of the molecule is CCNc1c(-c2ccc(C(=O)N3CCOCC3)cc2)cnc2[nH]ccc12. The van der Waals surface area contributed by atoms with Gasteiger partial charge in [0.2, 0.25) is 0 Å². The molecule has 0 saturated carbocycles. The van der Waals surface area contributed by atoms with E-state index in [-0.39, 0.29) is 5.91 Å². The van der Waals surface area contributed by atoms with Crippen LogP contribution in [-0.4, -0.2) is 53.6 Å². The number of pyridine rings is 1. The number of nitrogens with zero attached hydrogens (tertiary/aromatic N) is 2. The van der Waals surface area contributed by atoms with Crippen LogP contribution < -0.4 is 5.32 Å². The molecule has 134 valence electrons. The molecule has 3 aromatic rings. The summed E-state index contributed by atoms with van der Waals surface area (Å²) < 4.78 is 5.32. The molecule has 1 aliphatic rings. The minimum Gasteiger partial charge on any atom is -0.384 e. The van der Waals surface area contributed by atoms with Crippen molar-refractivity contribution in [1.29, 1.82) is 0 Å². The lowest BCUT2D eigenvalue weighted by molar-refractivity contribution is 0.0303. The van der Waals surface area contributed by atoms with Gasteiger partial charge in [0.1, 0.15) is 5.65 Å². The lowest BCUT2D eigenvalue weighted by Crippen LogP contribution is -2.40. The van der Waals surface area contributed by atoms with Crippen LogP contribution in [0.2, 0.25) is 0 Å². The second-order valence-electron chi connectivity index (χ2n) is 6.30. The molecule has 1 aliphatic heterocycles. The van der Waals surface area contributed by atoms with Crippen LogP contribution in [0.4, 0.5) is 5.69 Å². The number of carbonyl (C=O) groups is 1. The largest absolute Gasteiger partial charge is 0.384 e. The molecular weight excluding hydrogens is 328 g/mol. The van der Waals surface area contributed by atoms with E-state index in [1.54, 1.807) is 0 Å². The molecule has 2 aromatic heterocycles. The first-order valence-electron chi connectivity index (χ1n) is 8.95. The Bertz CT molecular complexity index is 911. The molecule has 3 heterocycles. The number of amides is 1. The number of aromatic amines is 1. The third-order valence-corrected chi connectivity index (χ3v) is 4.68. The summed E-state index contributed by atoms with van der Waals surface area (Å²) in [5, 5.41) is 4.51. The number of H-pyrrole nitrogens is 1. The van der Waals surface area contributed by atoms with Gasteiger partial charge in [0.15, 0.2) is 0 Å². The van der Waals surface area contributed by atoms with E-state index >= 15 is 0 Å². The Morgan fingerprint density at radius 3 is 2.73 bits per heavy atom. The molecule has 6 heteroatoms. The first kappa shape index (κ1) is 16.6. The number of aromatic nitrogens is 2. The molecule has 1 aromatic carbocycles. The lowest BCUT2D eigenvalue weighted by Gasteiger charge is -2.26. The van der Waals surface area contributed by atoms with Gasteiger partial charge in [-0.3, -0.25) is 4.79 Å². The minimum atomic E-state index is 0.0611. The van der Waals surface area contributed by atoms with Crippen LogP contribution in [0.25, 0.3) is 22.2 Å².